The number of rotatable bonds is 8. The second-order valence-corrected chi connectivity index (χ2v) is 10.0. The molecule has 0 atom stereocenters. The largest absolute Gasteiger partial charge is 0.489 e. The lowest BCUT2D eigenvalue weighted by Crippen LogP contribution is -2.52. The van der Waals surface area contributed by atoms with Gasteiger partial charge in [-0.1, -0.05) is 30.3 Å². The van der Waals surface area contributed by atoms with Gasteiger partial charge in [0, 0.05) is 17.2 Å². The van der Waals surface area contributed by atoms with Crippen LogP contribution in [0.4, 0.5) is 5.69 Å². The van der Waals surface area contributed by atoms with Crippen LogP contribution in [0.5, 0.6) is 5.75 Å². The Balaban J connectivity index is 1.58. The van der Waals surface area contributed by atoms with Crippen molar-refractivity contribution in [3.63, 3.8) is 0 Å². The van der Waals surface area contributed by atoms with Crippen LogP contribution in [0.15, 0.2) is 54.6 Å². The molecule has 8 heteroatoms. The molecule has 1 heterocycles. The van der Waals surface area contributed by atoms with E-state index in [9.17, 15) is 13.2 Å². The van der Waals surface area contributed by atoms with E-state index < -0.39 is 21.5 Å². The van der Waals surface area contributed by atoms with Crippen LogP contribution in [-0.2, 0) is 20.6 Å². The van der Waals surface area contributed by atoms with Crippen LogP contribution in [-0.4, -0.2) is 37.5 Å². The highest BCUT2D eigenvalue weighted by molar-refractivity contribution is 8.00. The predicted molar refractivity (Wildman–Crippen MR) is 113 cm³/mol. The van der Waals surface area contributed by atoms with Crippen LogP contribution >= 0.6 is 11.8 Å². The van der Waals surface area contributed by atoms with Crippen molar-refractivity contribution >= 4 is 33.4 Å². The summed E-state index contributed by atoms with van der Waals surface area (Å²) in [4.78, 5) is 12.6. The summed E-state index contributed by atoms with van der Waals surface area (Å²) in [6.45, 7) is 3.08. The van der Waals surface area contributed by atoms with E-state index in [-0.39, 0.29) is 11.9 Å². The van der Waals surface area contributed by atoms with E-state index in [4.69, 9.17) is 4.74 Å². The van der Waals surface area contributed by atoms with Crippen LogP contribution in [0, 0.1) is 0 Å². The molecule has 2 N–H and O–H groups in total. The normalized spacial score (nSPS) is 14.9. The van der Waals surface area contributed by atoms with E-state index >= 15 is 0 Å². The Morgan fingerprint density at radius 3 is 2.32 bits per heavy atom. The minimum atomic E-state index is -3.68. The molecule has 1 fully saturated rings. The van der Waals surface area contributed by atoms with Gasteiger partial charge in [0.25, 0.3) is 0 Å². The van der Waals surface area contributed by atoms with Crippen LogP contribution in [0.1, 0.15) is 19.4 Å². The number of amides is 1. The van der Waals surface area contributed by atoms with Crippen molar-refractivity contribution in [3.8, 4) is 5.75 Å². The fraction of sp³-hybridized carbons (Fsp3) is 0.350. The lowest BCUT2D eigenvalue weighted by atomic mass is 10.1. The Morgan fingerprint density at radius 1 is 1.11 bits per heavy atom. The van der Waals surface area contributed by atoms with Crippen molar-refractivity contribution in [2.75, 3.05) is 16.8 Å². The van der Waals surface area contributed by atoms with Crippen molar-refractivity contribution in [1.29, 1.82) is 0 Å². The Bertz CT molecular complexity index is 909. The maximum Gasteiger partial charge on any atom is 0.245 e. The number of carbonyl (C=O) groups excluding carboxylic acids is 1. The Kier molecular flexibility index (Phi) is 6.32. The minimum absolute atomic E-state index is 0.184. The number of sulfonamides is 1. The van der Waals surface area contributed by atoms with Gasteiger partial charge >= 0.3 is 0 Å². The highest BCUT2D eigenvalue weighted by Gasteiger charge is 2.32. The smallest absolute Gasteiger partial charge is 0.245 e. The highest BCUT2D eigenvalue weighted by Crippen LogP contribution is 2.25. The first-order valence-electron chi connectivity index (χ1n) is 8.95. The lowest BCUT2D eigenvalue weighted by Gasteiger charge is -2.26. The molecule has 150 valence electrons. The monoisotopic (exact) mass is 420 g/mol. The van der Waals surface area contributed by atoms with Crippen LogP contribution in [0.25, 0.3) is 0 Å². The first kappa shape index (κ1) is 20.7. The first-order valence-corrected chi connectivity index (χ1v) is 11.8. The van der Waals surface area contributed by atoms with E-state index in [0.29, 0.717) is 11.3 Å². The van der Waals surface area contributed by atoms with Crippen molar-refractivity contribution < 1.29 is 17.9 Å². The van der Waals surface area contributed by atoms with Crippen molar-refractivity contribution in [3.05, 3.63) is 60.2 Å². The Morgan fingerprint density at radius 2 is 1.75 bits per heavy atom. The van der Waals surface area contributed by atoms with Crippen LogP contribution in [0.3, 0.4) is 0 Å². The summed E-state index contributed by atoms with van der Waals surface area (Å²) in [6, 6.07) is 15.9. The average Bonchev–Trinajstić information content (AvgIpc) is 2.59. The van der Waals surface area contributed by atoms with Crippen LogP contribution in [0.2, 0.25) is 0 Å². The number of hydrogen-bond donors (Lipinski definition) is 2. The molecule has 1 amide bonds. The number of ether oxygens (including phenoxy) is 1. The number of hydrogen-bond acceptors (Lipinski definition) is 5. The highest BCUT2D eigenvalue weighted by atomic mass is 32.2. The predicted octanol–water partition coefficient (Wildman–Crippen LogP) is 3.02. The number of carbonyl (C=O) groups is 1. The van der Waals surface area contributed by atoms with E-state index in [1.807, 2.05) is 17.8 Å². The van der Waals surface area contributed by atoms with E-state index in [1.54, 1.807) is 48.5 Å². The zero-order valence-electron chi connectivity index (χ0n) is 15.8. The van der Waals surface area contributed by atoms with Gasteiger partial charge in [-0.3, -0.25) is 4.79 Å². The summed E-state index contributed by atoms with van der Waals surface area (Å²) in [5.41, 5.74) is -0.0614. The fourth-order valence-electron chi connectivity index (χ4n) is 2.64. The van der Waals surface area contributed by atoms with Gasteiger partial charge in [-0.25, -0.2) is 8.42 Å². The zero-order valence-corrected chi connectivity index (χ0v) is 17.5. The van der Waals surface area contributed by atoms with Crippen molar-refractivity contribution in [1.82, 2.24) is 4.72 Å². The standard InChI is InChI=1S/C20H24N2O4S2/c1-20(2,22-28(24,25)14-15-6-4-3-5-7-15)19(23)21-16-8-10-17(11-9-16)26-18-12-27-13-18/h3-11,18,22H,12-14H2,1-2H3,(H,21,23). The molecule has 1 saturated heterocycles. The zero-order chi connectivity index (χ0) is 20.2. The van der Waals surface area contributed by atoms with Gasteiger partial charge in [-0.05, 0) is 43.7 Å². The molecule has 0 radical (unpaired) electrons. The second-order valence-electron chi connectivity index (χ2n) is 7.23. The van der Waals surface area contributed by atoms with E-state index in [0.717, 1.165) is 17.3 Å². The maximum atomic E-state index is 12.6. The number of anilines is 1. The molecule has 1 aliphatic rings. The summed E-state index contributed by atoms with van der Waals surface area (Å²) in [6.07, 6.45) is 0.253. The minimum Gasteiger partial charge on any atom is -0.489 e. The molecule has 1 aliphatic heterocycles. The summed E-state index contributed by atoms with van der Waals surface area (Å²) in [7, 11) is -3.68. The van der Waals surface area contributed by atoms with Gasteiger partial charge in [0.05, 0.1) is 5.75 Å². The molecule has 28 heavy (non-hydrogen) atoms. The summed E-state index contributed by atoms with van der Waals surface area (Å²) >= 11 is 1.85. The summed E-state index contributed by atoms with van der Waals surface area (Å²) in [5, 5.41) is 2.75. The number of thioether (sulfide) groups is 1. The summed E-state index contributed by atoms with van der Waals surface area (Å²) < 4.78 is 33.2. The molecule has 0 spiro atoms. The molecule has 0 saturated carbocycles. The first-order chi connectivity index (χ1) is 13.2. The van der Waals surface area contributed by atoms with Crippen molar-refractivity contribution in [2.45, 2.75) is 31.2 Å². The third-order valence-electron chi connectivity index (χ3n) is 4.20. The third kappa shape index (κ3) is 5.73. The Hall–Kier alpha value is -2.03. The number of nitrogens with one attached hydrogen (secondary N) is 2. The molecular formula is C20H24N2O4S2. The molecule has 0 bridgehead atoms. The van der Waals surface area contributed by atoms with E-state index in [2.05, 4.69) is 10.0 Å². The molecule has 6 nitrogen and oxygen atoms in total. The number of benzene rings is 2. The average molecular weight is 421 g/mol. The van der Waals surface area contributed by atoms with Gasteiger partial charge in [-0.2, -0.15) is 16.5 Å². The molecule has 2 aromatic rings. The van der Waals surface area contributed by atoms with Crippen LogP contribution < -0.4 is 14.8 Å². The second kappa shape index (κ2) is 8.55. The SMILES string of the molecule is CC(C)(NS(=O)(=O)Cc1ccccc1)C(=O)Nc1ccc(OC2CSC2)cc1. The van der Waals surface area contributed by atoms with Crippen molar-refractivity contribution in [2.24, 2.45) is 0 Å². The molecule has 2 aromatic carbocycles. The van der Waals surface area contributed by atoms with Gasteiger partial charge in [0.15, 0.2) is 0 Å². The molecular weight excluding hydrogens is 396 g/mol. The molecule has 3 rings (SSSR count). The molecule has 0 unspecified atom stereocenters. The van der Waals surface area contributed by atoms with E-state index in [1.165, 1.54) is 13.8 Å². The topological polar surface area (TPSA) is 84.5 Å². The molecule has 0 aliphatic carbocycles. The van der Waals surface area contributed by atoms with Gasteiger partial charge in [0.1, 0.15) is 17.4 Å². The fourth-order valence-corrected chi connectivity index (χ4v) is 4.78. The third-order valence-corrected chi connectivity index (χ3v) is 6.95. The summed E-state index contributed by atoms with van der Waals surface area (Å²) in [5.74, 6) is 2.13. The van der Waals surface area contributed by atoms with Gasteiger partial charge in [-0.15, -0.1) is 0 Å². The Labute approximate surface area is 170 Å². The van der Waals surface area contributed by atoms with Gasteiger partial charge < -0.3 is 10.1 Å². The maximum absolute atomic E-state index is 12.6. The lowest BCUT2D eigenvalue weighted by molar-refractivity contribution is -0.120. The molecule has 0 aromatic heterocycles. The quantitative estimate of drug-likeness (QED) is 0.686. The van der Waals surface area contributed by atoms with Gasteiger partial charge in [0.2, 0.25) is 15.9 Å².